The molecule has 1 fully saturated rings. The van der Waals surface area contributed by atoms with E-state index in [1.807, 2.05) is 18.7 Å². The summed E-state index contributed by atoms with van der Waals surface area (Å²) in [6, 6.07) is 2.17. The smallest absolute Gasteiger partial charge is 0.0596 e. The predicted molar refractivity (Wildman–Crippen MR) is 75.4 cm³/mol. The summed E-state index contributed by atoms with van der Waals surface area (Å²) in [7, 11) is 2.02. The van der Waals surface area contributed by atoms with Gasteiger partial charge in [-0.25, -0.2) is 0 Å². The van der Waals surface area contributed by atoms with E-state index in [1.165, 1.54) is 18.5 Å². The maximum Gasteiger partial charge on any atom is 0.0596 e. The molecule has 1 heterocycles. The third kappa shape index (κ3) is 2.94. The molecule has 2 unspecified atom stereocenters. The van der Waals surface area contributed by atoms with E-state index in [-0.39, 0.29) is 5.54 Å². The largest absolute Gasteiger partial charge is 0.325 e. The van der Waals surface area contributed by atoms with Crippen molar-refractivity contribution in [3.05, 3.63) is 17.5 Å². The van der Waals surface area contributed by atoms with Gasteiger partial charge < -0.3 is 5.73 Å². The Hall–Kier alpha value is -0.830. The fourth-order valence-corrected chi connectivity index (χ4v) is 3.36. The minimum absolute atomic E-state index is 0.0204. The van der Waals surface area contributed by atoms with Crippen molar-refractivity contribution in [1.82, 2.24) is 9.78 Å². The lowest BCUT2D eigenvalue weighted by Gasteiger charge is -2.39. The number of aryl methyl sites for hydroxylation is 2. The van der Waals surface area contributed by atoms with E-state index in [1.54, 1.807) is 0 Å². The van der Waals surface area contributed by atoms with Crippen LogP contribution in [0.25, 0.3) is 0 Å². The lowest BCUT2D eigenvalue weighted by molar-refractivity contribution is 0.180. The highest BCUT2D eigenvalue weighted by Gasteiger charge is 2.34. The molecule has 0 aromatic carbocycles. The number of nitrogens with zero attached hydrogens (tertiary/aromatic N) is 2. The molecule has 2 atom stereocenters. The standard InChI is InChI=1S/C15H27N3/c1-11(2)13-6-5-7-15(16,9-13)10-14-8-12(3)17-18(14)4/h8,11,13H,5-7,9-10,16H2,1-4H3. The van der Waals surface area contributed by atoms with Crippen LogP contribution in [-0.2, 0) is 13.5 Å². The quantitative estimate of drug-likeness (QED) is 0.895. The molecule has 0 amide bonds. The predicted octanol–water partition coefficient (Wildman–Crippen LogP) is 2.81. The molecule has 3 nitrogen and oxygen atoms in total. The van der Waals surface area contributed by atoms with E-state index < -0.39 is 0 Å². The fraction of sp³-hybridized carbons (Fsp3) is 0.800. The monoisotopic (exact) mass is 249 g/mol. The first kappa shape index (κ1) is 13.6. The summed E-state index contributed by atoms with van der Waals surface area (Å²) in [6.45, 7) is 6.69. The Balaban J connectivity index is 2.09. The molecule has 0 bridgehead atoms. The number of rotatable bonds is 3. The van der Waals surface area contributed by atoms with Gasteiger partial charge in [-0.3, -0.25) is 4.68 Å². The molecule has 1 aromatic heterocycles. The lowest BCUT2D eigenvalue weighted by Crippen LogP contribution is -2.47. The number of aromatic nitrogens is 2. The molecule has 0 aliphatic heterocycles. The zero-order chi connectivity index (χ0) is 13.3. The van der Waals surface area contributed by atoms with E-state index in [2.05, 4.69) is 25.0 Å². The second-order valence-electron chi connectivity index (χ2n) is 6.54. The lowest BCUT2D eigenvalue weighted by atomic mass is 9.70. The summed E-state index contributed by atoms with van der Waals surface area (Å²) in [5.41, 5.74) is 9.00. The fourth-order valence-electron chi connectivity index (χ4n) is 3.36. The summed E-state index contributed by atoms with van der Waals surface area (Å²) in [5, 5.41) is 4.42. The Bertz CT molecular complexity index is 408. The van der Waals surface area contributed by atoms with Gasteiger partial charge >= 0.3 is 0 Å². The van der Waals surface area contributed by atoms with Gasteiger partial charge in [-0.2, -0.15) is 5.10 Å². The molecular formula is C15H27N3. The zero-order valence-corrected chi connectivity index (χ0v) is 12.2. The highest BCUT2D eigenvalue weighted by molar-refractivity contribution is 5.13. The molecule has 102 valence electrons. The average Bonchev–Trinajstić information content (AvgIpc) is 2.56. The van der Waals surface area contributed by atoms with E-state index in [0.717, 1.165) is 36.8 Å². The van der Waals surface area contributed by atoms with Crippen molar-refractivity contribution in [2.45, 2.75) is 58.4 Å². The van der Waals surface area contributed by atoms with Crippen molar-refractivity contribution in [3.63, 3.8) is 0 Å². The van der Waals surface area contributed by atoms with Gasteiger partial charge in [0.1, 0.15) is 0 Å². The SMILES string of the molecule is Cc1cc(CC2(N)CCCC(C(C)C)C2)n(C)n1. The van der Waals surface area contributed by atoms with Gasteiger partial charge in [0, 0.05) is 24.7 Å². The van der Waals surface area contributed by atoms with Crippen molar-refractivity contribution in [3.8, 4) is 0 Å². The number of hydrogen-bond acceptors (Lipinski definition) is 2. The van der Waals surface area contributed by atoms with Crippen LogP contribution >= 0.6 is 0 Å². The van der Waals surface area contributed by atoms with Crippen molar-refractivity contribution < 1.29 is 0 Å². The Morgan fingerprint density at radius 1 is 1.56 bits per heavy atom. The first-order chi connectivity index (χ1) is 8.39. The maximum atomic E-state index is 6.66. The van der Waals surface area contributed by atoms with Crippen LogP contribution in [0, 0.1) is 18.8 Å². The minimum Gasteiger partial charge on any atom is -0.325 e. The molecule has 0 radical (unpaired) electrons. The molecule has 0 saturated heterocycles. The Morgan fingerprint density at radius 2 is 2.28 bits per heavy atom. The van der Waals surface area contributed by atoms with Gasteiger partial charge in [0.05, 0.1) is 5.69 Å². The van der Waals surface area contributed by atoms with E-state index >= 15 is 0 Å². The molecule has 2 N–H and O–H groups in total. The van der Waals surface area contributed by atoms with Crippen molar-refractivity contribution in [2.75, 3.05) is 0 Å². The van der Waals surface area contributed by atoms with Gasteiger partial charge in [0.25, 0.3) is 0 Å². The third-order valence-corrected chi connectivity index (χ3v) is 4.49. The first-order valence-corrected chi connectivity index (χ1v) is 7.18. The Kier molecular flexibility index (Phi) is 3.81. The summed E-state index contributed by atoms with van der Waals surface area (Å²) < 4.78 is 1.99. The molecule has 1 aliphatic rings. The molecule has 1 aromatic rings. The average molecular weight is 249 g/mol. The van der Waals surface area contributed by atoms with Gasteiger partial charge in [0.15, 0.2) is 0 Å². The highest BCUT2D eigenvalue weighted by Crippen LogP contribution is 2.36. The van der Waals surface area contributed by atoms with Gasteiger partial charge in [-0.05, 0) is 37.7 Å². The Labute approximate surface area is 111 Å². The van der Waals surface area contributed by atoms with Crippen LogP contribution in [0.4, 0.5) is 0 Å². The van der Waals surface area contributed by atoms with Crippen molar-refractivity contribution in [2.24, 2.45) is 24.6 Å². The van der Waals surface area contributed by atoms with Crippen LogP contribution in [-0.4, -0.2) is 15.3 Å². The molecule has 3 heteroatoms. The van der Waals surface area contributed by atoms with Crippen molar-refractivity contribution >= 4 is 0 Å². The van der Waals surface area contributed by atoms with Crippen LogP contribution in [0.1, 0.15) is 50.9 Å². The van der Waals surface area contributed by atoms with Gasteiger partial charge in [-0.1, -0.05) is 26.7 Å². The van der Waals surface area contributed by atoms with Gasteiger partial charge in [0.2, 0.25) is 0 Å². The summed E-state index contributed by atoms with van der Waals surface area (Å²) in [5.74, 6) is 1.54. The Morgan fingerprint density at radius 3 is 2.83 bits per heavy atom. The number of nitrogens with two attached hydrogens (primary N) is 1. The van der Waals surface area contributed by atoms with Gasteiger partial charge in [-0.15, -0.1) is 0 Å². The zero-order valence-electron chi connectivity index (χ0n) is 12.2. The minimum atomic E-state index is -0.0204. The molecule has 1 aliphatic carbocycles. The molecule has 18 heavy (non-hydrogen) atoms. The summed E-state index contributed by atoms with van der Waals surface area (Å²) >= 11 is 0. The summed E-state index contributed by atoms with van der Waals surface area (Å²) in [6.07, 6.45) is 5.90. The molecular weight excluding hydrogens is 222 g/mol. The second kappa shape index (κ2) is 5.04. The topological polar surface area (TPSA) is 43.8 Å². The highest BCUT2D eigenvalue weighted by atomic mass is 15.3. The molecule has 2 rings (SSSR count). The van der Waals surface area contributed by atoms with Crippen molar-refractivity contribution in [1.29, 1.82) is 0 Å². The van der Waals surface area contributed by atoms with E-state index in [9.17, 15) is 0 Å². The molecule has 0 spiro atoms. The maximum absolute atomic E-state index is 6.66. The van der Waals surface area contributed by atoms with Crippen LogP contribution in [0.3, 0.4) is 0 Å². The first-order valence-electron chi connectivity index (χ1n) is 7.18. The van der Waals surface area contributed by atoms with Crippen LogP contribution in [0.15, 0.2) is 6.07 Å². The van der Waals surface area contributed by atoms with E-state index in [0.29, 0.717) is 0 Å². The number of hydrogen-bond donors (Lipinski definition) is 1. The van der Waals surface area contributed by atoms with E-state index in [4.69, 9.17) is 5.73 Å². The van der Waals surface area contributed by atoms with Crippen LogP contribution in [0.5, 0.6) is 0 Å². The normalized spacial score (nSPS) is 28.9. The second-order valence-corrected chi connectivity index (χ2v) is 6.54. The summed E-state index contributed by atoms with van der Waals surface area (Å²) in [4.78, 5) is 0. The molecule has 1 saturated carbocycles. The van der Waals surface area contributed by atoms with Crippen LogP contribution < -0.4 is 5.73 Å². The van der Waals surface area contributed by atoms with Crippen LogP contribution in [0.2, 0.25) is 0 Å². The third-order valence-electron chi connectivity index (χ3n) is 4.49.